The number of nitrogens with two attached hydrogens (primary N) is 1. The first-order valence-electron chi connectivity index (χ1n) is 11.8. The lowest BCUT2D eigenvalue weighted by atomic mass is 9.91. The standard InChI is InChI=1S/C23H48N2/c1-3-5-7-8-9-10-12-18-23(19-20-24)25(21-15-6-4-2)22-16-13-11-14-17-22/h22-23H,3-21,24H2,1-2H3. The van der Waals surface area contributed by atoms with Gasteiger partial charge < -0.3 is 5.73 Å². The smallest absolute Gasteiger partial charge is 0.0110 e. The Balaban J connectivity index is 2.43. The van der Waals surface area contributed by atoms with Crippen molar-refractivity contribution < 1.29 is 0 Å². The minimum Gasteiger partial charge on any atom is -0.330 e. The fraction of sp³-hybridized carbons (Fsp3) is 1.00. The summed E-state index contributed by atoms with van der Waals surface area (Å²) in [6, 6.07) is 1.60. The van der Waals surface area contributed by atoms with Crippen LogP contribution in [0, 0.1) is 0 Å². The summed E-state index contributed by atoms with van der Waals surface area (Å²) in [6.07, 6.45) is 23.8. The molecule has 0 aromatic rings. The van der Waals surface area contributed by atoms with Crippen molar-refractivity contribution >= 4 is 0 Å². The van der Waals surface area contributed by atoms with Gasteiger partial charge in [0.25, 0.3) is 0 Å². The normalized spacial score (nSPS) is 17.3. The summed E-state index contributed by atoms with van der Waals surface area (Å²) in [5, 5.41) is 0. The van der Waals surface area contributed by atoms with Gasteiger partial charge in [-0.1, -0.05) is 90.9 Å². The fourth-order valence-corrected chi connectivity index (χ4v) is 4.63. The summed E-state index contributed by atoms with van der Waals surface area (Å²) in [7, 11) is 0. The summed E-state index contributed by atoms with van der Waals surface area (Å²) < 4.78 is 0. The second-order valence-corrected chi connectivity index (χ2v) is 8.38. The number of hydrogen-bond donors (Lipinski definition) is 1. The Hall–Kier alpha value is -0.0800. The quantitative estimate of drug-likeness (QED) is 0.314. The van der Waals surface area contributed by atoms with E-state index in [0.29, 0.717) is 0 Å². The summed E-state index contributed by atoms with van der Waals surface area (Å²) >= 11 is 0. The van der Waals surface area contributed by atoms with Crippen molar-refractivity contribution in [2.45, 2.75) is 135 Å². The van der Waals surface area contributed by atoms with E-state index in [0.717, 1.165) is 18.6 Å². The number of nitrogens with zero attached hydrogens (tertiary/aromatic N) is 1. The van der Waals surface area contributed by atoms with Crippen molar-refractivity contribution in [3.05, 3.63) is 0 Å². The van der Waals surface area contributed by atoms with E-state index in [4.69, 9.17) is 5.73 Å². The minimum absolute atomic E-state index is 0.751. The third kappa shape index (κ3) is 10.6. The van der Waals surface area contributed by atoms with Crippen molar-refractivity contribution in [2.75, 3.05) is 13.1 Å². The Morgan fingerprint density at radius 2 is 1.36 bits per heavy atom. The Morgan fingerprint density at radius 1 is 0.760 bits per heavy atom. The third-order valence-corrected chi connectivity index (χ3v) is 6.17. The average Bonchev–Trinajstić information content (AvgIpc) is 2.65. The second kappa shape index (κ2) is 16.1. The highest BCUT2D eigenvalue weighted by atomic mass is 15.2. The molecule has 0 aromatic carbocycles. The highest BCUT2D eigenvalue weighted by Crippen LogP contribution is 2.27. The van der Waals surface area contributed by atoms with Crippen molar-refractivity contribution in [3.63, 3.8) is 0 Å². The molecule has 2 heteroatoms. The van der Waals surface area contributed by atoms with Gasteiger partial charge in [0.05, 0.1) is 0 Å². The molecule has 0 aromatic heterocycles. The van der Waals surface area contributed by atoms with Crippen molar-refractivity contribution in [3.8, 4) is 0 Å². The molecule has 1 aliphatic carbocycles. The van der Waals surface area contributed by atoms with Gasteiger partial charge in [-0.25, -0.2) is 0 Å². The van der Waals surface area contributed by atoms with Gasteiger partial charge in [0, 0.05) is 12.1 Å². The van der Waals surface area contributed by atoms with Crippen LogP contribution in [0.25, 0.3) is 0 Å². The Labute approximate surface area is 159 Å². The largest absolute Gasteiger partial charge is 0.330 e. The number of hydrogen-bond acceptors (Lipinski definition) is 2. The van der Waals surface area contributed by atoms with Gasteiger partial charge in [-0.05, 0) is 45.2 Å². The maximum atomic E-state index is 6.01. The van der Waals surface area contributed by atoms with Gasteiger partial charge in [0.15, 0.2) is 0 Å². The zero-order chi connectivity index (χ0) is 18.2. The van der Waals surface area contributed by atoms with Crippen LogP contribution in [0.5, 0.6) is 0 Å². The van der Waals surface area contributed by atoms with E-state index >= 15 is 0 Å². The van der Waals surface area contributed by atoms with E-state index in [1.807, 2.05) is 0 Å². The number of unbranched alkanes of at least 4 members (excludes halogenated alkanes) is 8. The SMILES string of the molecule is CCCCCCCCCC(CCN)N(CCCCC)C1CCCCC1. The molecule has 0 heterocycles. The Kier molecular flexibility index (Phi) is 14.8. The molecule has 1 aliphatic rings. The molecule has 0 saturated heterocycles. The first-order chi connectivity index (χ1) is 12.3. The van der Waals surface area contributed by atoms with Crippen LogP contribution >= 0.6 is 0 Å². The zero-order valence-electron chi connectivity index (χ0n) is 17.6. The van der Waals surface area contributed by atoms with Crippen LogP contribution in [0.15, 0.2) is 0 Å². The molecular formula is C23H48N2. The summed E-state index contributed by atoms with van der Waals surface area (Å²) in [6.45, 7) is 6.80. The maximum Gasteiger partial charge on any atom is 0.0110 e. The summed E-state index contributed by atoms with van der Waals surface area (Å²) in [4.78, 5) is 2.92. The van der Waals surface area contributed by atoms with Crippen LogP contribution in [-0.4, -0.2) is 30.1 Å². The molecule has 1 saturated carbocycles. The molecule has 0 bridgehead atoms. The first kappa shape index (κ1) is 23.0. The highest BCUT2D eigenvalue weighted by Gasteiger charge is 2.26. The average molecular weight is 353 g/mol. The molecule has 0 radical (unpaired) electrons. The van der Waals surface area contributed by atoms with E-state index in [1.165, 1.54) is 116 Å². The van der Waals surface area contributed by atoms with E-state index in [9.17, 15) is 0 Å². The highest BCUT2D eigenvalue weighted by molar-refractivity contribution is 4.82. The lowest BCUT2D eigenvalue weighted by Gasteiger charge is -2.40. The summed E-state index contributed by atoms with van der Waals surface area (Å²) in [5.41, 5.74) is 6.01. The molecule has 0 spiro atoms. The zero-order valence-corrected chi connectivity index (χ0v) is 17.6. The molecule has 1 unspecified atom stereocenters. The molecule has 1 rings (SSSR count). The second-order valence-electron chi connectivity index (χ2n) is 8.38. The third-order valence-electron chi connectivity index (χ3n) is 6.17. The van der Waals surface area contributed by atoms with Gasteiger partial charge in [-0.2, -0.15) is 0 Å². The van der Waals surface area contributed by atoms with Gasteiger partial charge in [0.1, 0.15) is 0 Å². The maximum absolute atomic E-state index is 6.01. The first-order valence-corrected chi connectivity index (χ1v) is 11.8. The van der Waals surface area contributed by atoms with Crippen LogP contribution in [0.4, 0.5) is 0 Å². The van der Waals surface area contributed by atoms with E-state index < -0.39 is 0 Å². The van der Waals surface area contributed by atoms with Gasteiger partial charge in [-0.15, -0.1) is 0 Å². The summed E-state index contributed by atoms with van der Waals surface area (Å²) in [5.74, 6) is 0. The predicted octanol–water partition coefficient (Wildman–Crippen LogP) is 6.67. The molecule has 0 aliphatic heterocycles. The van der Waals surface area contributed by atoms with Crippen LogP contribution < -0.4 is 5.73 Å². The molecular weight excluding hydrogens is 304 g/mol. The van der Waals surface area contributed by atoms with Crippen LogP contribution in [0.3, 0.4) is 0 Å². The Morgan fingerprint density at radius 3 is 2.00 bits per heavy atom. The van der Waals surface area contributed by atoms with Crippen molar-refractivity contribution in [2.24, 2.45) is 5.73 Å². The van der Waals surface area contributed by atoms with E-state index in [-0.39, 0.29) is 0 Å². The molecule has 150 valence electrons. The van der Waals surface area contributed by atoms with Gasteiger partial charge >= 0.3 is 0 Å². The fourth-order valence-electron chi connectivity index (χ4n) is 4.63. The lowest BCUT2D eigenvalue weighted by molar-refractivity contribution is 0.0901. The molecule has 25 heavy (non-hydrogen) atoms. The van der Waals surface area contributed by atoms with E-state index in [2.05, 4.69) is 18.7 Å². The van der Waals surface area contributed by atoms with Crippen LogP contribution in [-0.2, 0) is 0 Å². The van der Waals surface area contributed by atoms with Crippen molar-refractivity contribution in [1.82, 2.24) is 4.90 Å². The van der Waals surface area contributed by atoms with Crippen LogP contribution in [0.1, 0.15) is 123 Å². The monoisotopic (exact) mass is 352 g/mol. The van der Waals surface area contributed by atoms with Crippen molar-refractivity contribution in [1.29, 1.82) is 0 Å². The van der Waals surface area contributed by atoms with E-state index in [1.54, 1.807) is 0 Å². The topological polar surface area (TPSA) is 29.3 Å². The van der Waals surface area contributed by atoms with Gasteiger partial charge in [-0.3, -0.25) is 4.90 Å². The molecule has 0 amide bonds. The lowest BCUT2D eigenvalue weighted by Crippen LogP contribution is -2.45. The molecule has 2 nitrogen and oxygen atoms in total. The molecule has 2 N–H and O–H groups in total. The van der Waals surface area contributed by atoms with Gasteiger partial charge in [0.2, 0.25) is 0 Å². The van der Waals surface area contributed by atoms with Crippen LogP contribution in [0.2, 0.25) is 0 Å². The number of rotatable bonds is 16. The predicted molar refractivity (Wildman–Crippen MR) is 113 cm³/mol. The molecule has 1 fully saturated rings. The molecule has 1 atom stereocenters. The Bertz CT molecular complexity index is 273. The minimum atomic E-state index is 0.751.